The number of nitrogens with zero attached hydrogens (tertiary/aromatic N) is 1. The first-order chi connectivity index (χ1) is 8.14. The highest BCUT2D eigenvalue weighted by molar-refractivity contribution is 5.92. The molecule has 1 fully saturated rings. The third kappa shape index (κ3) is 2.30. The van der Waals surface area contributed by atoms with Crippen LogP contribution < -0.4 is 5.32 Å². The fourth-order valence-corrected chi connectivity index (χ4v) is 2.24. The Balaban J connectivity index is 1.97. The summed E-state index contributed by atoms with van der Waals surface area (Å²) >= 11 is 0. The Kier molecular flexibility index (Phi) is 3.12. The van der Waals surface area contributed by atoms with E-state index in [1.165, 1.54) is 12.5 Å². The van der Waals surface area contributed by atoms with Crippen molar-refractivity contribution in [2.45, 2.75) is 25.7 Å². The monoisotopic (exact) mass is 237 g/mol. The van der Waals surface area contributed by atoms with Gasteiger partial charge in [-0.15, -0.1) is 0 Å². The summed E-state index contributed by atoms with van der Waals surface area (Å²) in [6, 6.07) is 0. The molecule has 1 aromatic rings. The van der Waals surface area contributed by atoms with Crippen LogP contribution in [0, 0.1) is 5.41 Å². The van der Waals surface area contributed by atoms with E-state index in [1.54, 1.807) is 0 Å². The van der Waals surface area contributed by atoms with Crippen molar-refractivity contribution < 1.29 is 14.7 Å². The smallest absolute Gasteiger partial charge is 0.311 e. The van der Waals surface area contributed by atoms with Crippen molar-refractivity contribution in [3.8, 4) is 0 Å². The van der Waals surface area contributed by atoms with Gasteiger partial charge in [-0.1, -0.05) is 12.8 Å². The number of aromatic nitrogens is 2. The van der Waals surface area contributed by atoms with Gasteiger partial charge in [0, 0.05) is 6.54 Å². The fourth-order valence-electron chi connectivity index (χ4n) is 2.24. The average Bonchev–Trinajstić information content (AvgIpc) is 2.97. The number of carbonyl (C=O) groups excluding carboxylic acids is 1. The molecule has 17 heavy (non-hydrogen) atoms. The van der Waals surface area contributed by atoms with Crippen molar-refractivity contribution in [2.24, 2.45) is 5.41 Å². The molecule has 6 nitrogen and oxygen atoms in total. The van der Waals surface area contributed by atoms with Gasteiger partial charge in [-0.2, -0.15) is 0 Å². The summed E-state index contributed by atoms with van der Waals surface area (Å²) in [5.74, 6) is -1.13. The molecule has 0 aliphatic heterocycles. The van der Waals surface area contributed by atoms with E-state index in [0.29, 0.717) is 18.5 Å². The molecule has 1 aliphatic rings. The highest BCUT2D eigenvalue weighted by Gasteiger charge is 2.41. The average molecular weight is 237 g/mol. The minimum Gasteiger partial charge on any atom is -0.481 e. The summed E-state index contributed by atoms with van der Waals surface area (Å²) in [4.78, 5) is 29.3. The predicted molar refractivity (Wildman–Crippen MR) is 59.5 cm³/mol. The number of nitrogens with one attached hydrogen (secondary N) is 2. The first-order valence-electron chi connectivity index (χ1n) is 5.64. The third-order valence-corrected chi connectivity index (χ3v) is 3.34. The van der Waals surface area contributed by atoms with E-state index in [1.807, 2.05) is 0 Å². The molecule has 0 saturated heterocycles. The molecule has 6 heteroatoms. The van der Waals surface area contributed by atoms with Crippen LogP contribution in [0.4, 0.5) is 0 Å². The molecule has 92 valence electrons. The molecule has 0 atom stereocenters. The summed E-state index contributed by atoms with van der Waals surface area (Å²) in [5, 5.41) is 11.9. The van der Waals surface area contributed by atoms with Crippen LogP contribution in [0.2, 0.25) is 0 Å². The first-order valence-corrected chi connectivity index (χ1v) is 5.64. The summed E-state index contributed by atoms with van der Waals surface area (Å²) in [7, 11) is 0. The number of H-pyrrole nitrogens is 1. The molecule has 1 aromatic heterocycles. The Morgan fingerprint density at radius 1 is 1.47 bits per heavy atom. The lowest BCUT2D eigenvalue weighted by molar-refractivity contribution is -0.148. The van der Waals surface area contributed by atoms with E-state index < -0.39 is 11.4 Å². The van der Waals surface area contributed by atoms with Gasteiger partial charge in [0.2, 0.25) is 0 Å². The van der Waals surface area contributed by atoms with Gasteiger partial charge in [0.1, 0.15) is 5.69 Å². The number of aliphatic carboxylic acids is 1. The molecule has 1 heterocycles. The normalized spacial score (nSPS) is 17.9. The zero-order chi connectivity index (χ0) is 12.3. The van der Waals surface area contributed by atoms with Crippen LogP contribution in [0.1, 0.15) is 36.2 Å². The van der Waals surface area contributed by atoms with Gasteiger partial charge in [-0.25, -0.2) is 4.98 Å². The zero-order valence-electron chi connectivity index (χ0n) is 9.40. The number of aromatic amines is 1. The SMILES string of the molecule is O=C(NCC1(C(=O)O)CCCC1)c1cnc[nH]1. The number of carboxylic acids is 1. The second-order valence-corrected chi connectivity index (χ2v) is 4.44. The van der Waals surface area contributed by atoms with Crippen molar-refractivity contribution in [3.05, 3.63) is 18.2 Å². The number of hydrogen-bond acceptors (Lipinski definition) is 3. The minimum atomic E-state index is -0.820. The van der Waals surface area contributed by atoms with Gasteiger partial charge in [-0.05, 0) is 12.8 Å². The molecule has 0 radical (unpaired) electrons. The fraction of sp³-hybridized carbons (Fsp3) is 0.545. The second kappa shape index (κ2) is 4.57. The lowest BCUT2D eigenvalue weighted by Crippen LogP contribution is -2.41. The Morgan fingerprint density at radius 2 is 2.18 bits per heavy atom. The van der Waals surface area contributed by atoms with Crippen molar-refractivity contribution in [1.29, 1.82) is 0 Å². The van der Waals surface area contributed by atoms with Gasteiger partial charge >= 0.3 is 5.97 Å². The van der Waals surface area contributed by atoms with Crippen LogP contribution in [-0.2, 0) is 4.79 Å². The van der Waals surface area contributed by atoms with Crippen molar-refractivity contribution in [3.63, 3.8) is 0 Å². The minimum absolute atomic E-state index is 0.181. The third-order valence-electron chi connectivity index (χ3n) is 3.34. The maximum absolute atomic E-state index is 11.7. The number of hydrogen-bond donors (Lipinski definition) is 3. The van der Waals surface area contributed by atoms with E-state index in [2.05, 4.69) is 15.3 Å². The maximum Gasteiger partial charge on any atom is 0.311 e. The molecule has 0 spiro atoms. The van der Waals surface area contributed by atoms with Gasteiger partial charge in [0.05, 0.1) is 17.9 Å². The maximum atomic E-state index is 11.7. The lowest BCUT2D eigenvalue weighted by Gasteiger charge is -2.23. The van der Waals surface area contributed by atoms with Gasteiger partial charge in [0.15, 0.2) is 0 Å². The molecule has 1 aliphatic carbocycles. The molecule has 3 N–H and O–H groups in total. The Morgan fingerprint density at radius 3 is 2.71 bits per heavy atom. The van der Waals surface area contributed by atoms with Gasteiger partial charge in [-0.3, -0.25) is 9.59 Å². The van der Waals surface area contributed by atoms with Crippen LogP contribution in [0.3, 0.4) is 0 Å². The number of rotatable bonds is 4. The van der Waals surface area contributed by atoms with Crippen LogP contribution in [0.25, 0.3) is 0 Å². The van der Waals surface area contributed by atoms with E-state index in [9.17, 15) is 14.7 Å². The topological polar surface area (TPSA) is 95.1 Å². The Labute approximate surface area is 98.4 Å². The van der Waals surface area contributed by atoms with E-state index >= 15 is 0 Å². The van der Waals surface area contributed by atoms with Crippen LogP contribution >= 0.6 is 0 Å². The quantitative estimate of drug-likeness (QED) is 0.721. The van der Waals surface area contributed by atoms with Crippen LogP contribution in [-0.4, -0.2) is 33.5 Å². The van der Waals surface area contributed by atoms with Crippen molar-refractivity contribution in [1.82, 2.24) is 15.3 Å². The predicted octanol–water partition coefficient (Wildman–Crippen LogP) is 0.784. The molecule has 0 unspecified atom stereocenters. The summed E-state index contributed by atoms with van der Waals surface area (Å²) in [6.45, 7) is 0.181. The highest BCUT2D eigenvalue weighted by Crippen LogP contribution is 2.37. The molecule has 0 bridgehead atoms. The lowest BCUT2D eigenvalue weighted by atomic mass is 9.86. The van der Waals surface area contributed by atoms with Crippen LogP contribution in [0.15, 0.2) is 12.5 Å². The Hall–Kier alpha value is -1.85. The second-order valence-electron chi connectivity index (χ2n) is 4.44. The molecular weight excluding hydrogens is 222 g/mol. The summed E-state index contributed by atoms with van der Waals surface area (Å²) in [5.41, 5.74) is -0.432. The van der Waals surface area contributed by atoms with Crippen molar-refractivity contribution >= 4 is 11.9 Å². The molecule has 2 rings (SSSR count). The standard InChI is InChI=1S/C11H15N3O3/c15-9(8-5-12-7-14-8)13-6-11(10(16)17)3-1-2-4-11/h5,7H,1-4,6H2,(H,12,14)(H,13,15)(H,16,17). The molecular formula is C11H15N3O3. The van der Waals surface area contributed by atoms with E-state index in [0.717, 1.165) is 12.8 Å². The summed E-state index contributed by atoms with van der Waals surface area (Å²) in [6.07, 6.45) is 5.91. The first kappa shape index (κ1) is 11.6. The summed E-state index contributed by atoms with van der Waals surface area (Å²) < 4.78 is 0. The van der Waals surface area contributed by atoms with E-state index in [4.69, 9.17) is 0 Å². The number of imidazole rings is 1. The number of carboxylic acid groups (broad SMARTS) is 1. The van der Waals surface area contributed by atoms with Gasteiger partial charge < -0.3 is 15.4 Å². The molecule has 0 aromatic carbocycles. The van der Waals surface area contributed by atoms with Crippen LogP contribution in [0.5, 0.6) is 0 Å². The highest BCUT2D eigenvalue weighted by atomic mass is 16.4. The largest absolute Gasteiger partial charge is 0.481 e. The van der Waals surface area contributed by atoms with Crippen molar-refractivity contribution in [2.75, 3.05) is 6.54 Å². The number of carbonyl (C=O) groups is 2. The Bertz CT molecular complexity index is 408. The molecule has 1 amide bonds. The zero-order valence-corrected chi connectivity index (χ0v) is 9.40. The molecule has 1 saturated carbocycles. The van der Waals surface area contributed by atoms with E-state index in [-0.39, 0.29) is 12.5 Å². The van der Waals surface area contributed by atoms with Gasteiger partial charge in [0.25, 0.3) is 5.91 Å². The number of amides is 1.